The number of hydrogen-bond acceptors (Lipinski definition) is 4. The first kappa shape index (κ1) is 17.8. The molecule has 0 spiro atoms. The van der Waals surface area contributed by atoms with Crippen LogP contribution in [0.15, 0.2) is 36.4 Å². The van der Waals surface area contributed by atoms with Gasteiger partial charge in [-0.25, -0.2) is 4.79 Å². The van der Waals surface area contributed by atoms with E-state index < -0.39 is 6.09 Å². The van der Waals surface area contributed by atoms with Gasteiger partial charge in [0.25, 0.3) is 0 Å². The molecule has 1 N–H and O–H groups in total. The Kier molecular flexibility index (Phi) is 5.82. The van der Waals surface area contributed by atoms with E-state index in [1.165, 1.54) is 12.7 Å². The van der Waals surface area contributed by atoms with Crippen LogP contribution in [-0.2, 0) is 17.8 Å². The quantitative estimate of drug-likeness (QED) is 0.652. The molecule has 0 fully saturated rings. The van der Waals surface area contributed by atoms with Crippen LogP contribution in [0.4, 0.5) is 10.5 Å². The summed E-state index contributed by atoms with van der Waals surface area (Å²) in [5.74, 6) is 0.781. The van der Waals surface area contributed by atoms with Gasteiger partial charge in [0.15, 0.2) is 0 Å². The third-order valence-corrected chi connectivity index (χ3v) is 3.98. The highest BCUT2D eigenvalue weighted by atomic mass is 16.6. The van der Waals surface area contributed by atoms with Crippen molar-refractivity contribution < 1.29 is 19.5 Å². The third kappa shape index (κ3) is 3.86. The van der Waals surface area contributed by atoms with Gasteiger partial charge in [-0.1, -0.05) is 31.2 Å². The van der Waals surface area contributed by atoms with E-state index in [4.69, 9.17) is 4.74 Å². The van der Waals surface area contributed by atoms with Crippen LogP contribution in [0, 0.1) is 13.8 Å². The summed E-state index contributed by atoms with van der Waals surface area (Å²) in [5, 5.41) is 10.5. The molecule has 5 nitrogen and oxygen atoms in total. The second-order valence-corrected chi connectivity index (χ2v) is 5.60. The number of hydrogen-bond donors (Lipinski definition) is 1. The maximum atomic E-state index is 11.6. The highest BCUT2D eigenvalue weighted by Crippen LogP contribution is 2.27. The van der Waals surface area contributed by atoms with Crippen molar-refractivity contribution >= 4 is 11.8 Å². The first-order valence-electron chi connectivity index (χ1n) is 7.85. The number of carbonyl (C=O) groups excluding carboxylic acids is 1. The normalized spacial score (nSPS) is 10.4. The van der Waals surface area contributed by atoms with E-state index in [1.807, 2.05) is 32.0 Å². The monoisotopic (exact) mass is 329 g/mol. The highest BCUT2D eigenvalue weighted by molar-refractivity contribution is 5.86. The molecule has 128 valence electrons. The summed E-state index contributed by atoms with van der Waals surface area (Å²) in [6.07, 6.45) is 0.132. The van der Waals surface area contributed by atoms with E-state index in [0.29, 0.717) is 10.8 Å². The highest BCUT2D eigenvalue weighted by Gasteiger charge is 2.19. The Morgan fingerprint density at radius 3 is 2.54 bits per heavy atom. The van der Waals surface area contributed by atoms with Gasteiger partial charge in [0.2, 0.25) is 0 Å². The fraction of sp³-hybridized carbons (Fsp3) is 0.316. The zero-order valence-corrected chi connectivity index (χ0v) is 14.5. The first-order valence-corrected chi connectivity index (χ1v) is 7.85. The van der Waals surface area contributed by atoms with Crippen LogP contribution in [0.2, 0.25) is 0 Å². The summed E-state index contributed by atoms with van der Waals surface area (Å²) in [4.78, 5) is 11.6. The number of nitrogens with zero attached hydrogens (tertiary/aromatic N) is 1. The van der Waals surface area contributed by atoms with Crippen LogP contribution in [0.3, 0.4) is 0 Å². The minimum atomic E-state index is -0.842. The summed E-state index contributed by atoms with van der Waals surface area (Å²) >= 11 is 0. The second kappa shape index (κ2) is 7.84. The molecular weight excluding hydrogens is 306 g/mol. The Morgan fingerprint density at radius 1 is 1.17 bits per heavy atom. The van der Waals surface area contributed by atoms with Crippen LogP contribution in [0.5, 0.6) is 5.75 Å². The number of methoxy groups -OCH3 is 1. The number of benzene rings is 2. The SMILES string of the molecule is CCc1ccc(OCc2c(C)cccc2N(O)C(=O)OC)c(C)c1. The summed E-state index contributed by atoms with van der Waals surface area (Å²) in [5.41, 5.74) is 4.30. The Balaban J connectivity index is 2.25. The zero-order chi connectivity index (χ0) is 17.7. The van der Waals surface area contributed by atoms with Crippen molar-refractivity contribution in [1.29, 1.82) is 0 Å². The molecule has 0 aliphatic carbocycles. The molecule has 2 rings (SSSR count). The molecule has 5 heteroatoms. The third-order valence-electron chi connectivity index (χ3n) is 3.98. The van der Waals surface area contributed by atoms with Gasteiger partial charge in [-0.2, -0.15) is 5.06 Å². The number of carbonyl (C=O) groups is 1. The Labute approximate surface area is 142 Å². The number of rotatable bonds is 5. The van der Waals surface area contributed by atoms with Crippen molar-refractivity contribution in [2.45, 2.75) is 33.8 Å². The van der Waals surface area contributed by atoms with E-state index >= 15 is 0 Å². The molecule has 0 aromatic heterocycles. The maximum absolute atomic E-state index is 11.6. The van der Waals surface area contributed by atoms with Gasteiger partial charge in [0.1, 0.15) is 12.4 Å². The molecule has 0 aliphatic rings. The lowest BCUT2D eigenvalue weighted by molar-refractivity contribution is 0.140. The van der Waals surface area contributed by atoms with Gasteiger partial charge in [-0.05, 0) is 49.1 Å². The molecule has 0 unspecified atom stereocenters. The van der Waals surface area contributed by atoms with Crippen LogP contribution in [0.25, 0.3) is 0 Å². The lowest BCUT2D eigenvalue weighted by atomic mass is 10.1. The first-order chi connectivity index (χ1) is 11.5. The lowest BCUT2D eigenvalue weighted by Crippen LogP contribution is -2.28. The van der Waals surface area contributed by atoms with E-state index in [1.54, 1.807) is 12.1 Å². The van der Waals surface area contributed by atoms with E-state index in [9.17, 15) is 10.0 Å². The van der Waals surface area contributed by atoms with Gasteiger partial charge >= 0.3 is 6.09 Å². The van der Waals surface area contributed by atoms with E-state index in [0.717, 1.165) is 28.9 Å². The maximum Gasteiger partial charge on any atom is 0.438 e. The number of anilines is 1. The van der Waals surface area contributed by atoms with Gasteiger partial charge < -0.3 is 9.47 Å². The number of aryl methyl sites for hydroxylation is 3. The molecule has 0 aliphatic heterocycles. The topological polar surface area (TPSA) is 59.0 Å². The predicted octanol–water partition coefficient (Wildman–Crippen LogP) is 4.41. The molecular formula is C19H23NO4. The Morgan fingerprint density at radius 2 is 1.92 bits per heavy atom. The van der Waals surface area contributed by atoms with Crippen LogP contribution in [-0.4, -0.2) is 18.4 Å². The summed E-state index contributed by atoms with van der Waals surface area (Å²) in [6, 6.07) is 11.4. The number of hydroxylamine groups is 1. The van der Waals surface area contributed by atoms with Crippen molar-refractivity contribution in [2.24, 2.45) is 0 Å². The Bertz CT molecular complexity index is 727. The van der Waals surface area contributed by atoms with Crippen molar-refractivity contribution in [1.82, 2.24) is 0 Å². The summed E-state index contributed by atoms with van der Waals surface area (Å²) in [7, 11) is 1.22. The average molecular weight is 329 g/mol. The standard InChI is InChI=1S/C19H23NO4/c1-5-15-9-10-18(14(3)11-15)24-12-16-13(2)7-6-8-17(16)20(22)19(21)23-4/h6-11,22H,5,12H2,1-4H3. The molecule has 2 aromatic rings. The van der Waals surface area contributed by atoms with Gasteiger partial charge in [-0.15, -0.1) is 0 Å². The van der Waals surface area contributed by atoms with Gasteiger partial charge in [-0.3, -0.25) is 5.21 Å². The van der Waals surface area contributed by atoms with Crippen molar-refractivity contribution in [2.75, 3.05) is 12.2 Å². The molecule has 0 atom stereocenters. The molecule has 0 heterocycles. The van der Waals surface area contributed by atoms with Crippen LogP contribution in [0.1, 0.15) is 29.2 Å². The van der Waals surface area contributed by atoms with Gasteiger partial charge in [0.05, 0.1) is 12.8 Å². The zero-order valence-electron chi connectivity index (χ0n) is 14.5. The van der Waals surface area contributed by atoms with Crippen LogP contribution < -0.4 is 9.80 Å². The fourth-order valence-electron chi connectivity index (χ4n) is 2.50. The summed E-state index contributed by atoms with van der Waals surface area (Å²) < 4.78 is 10.5. The minimum Gasteiger partial charge on any atom is -0.489 e. The van der Waals surface area contributed by atoms with E-state index in [2.05, 4.69) is 17.7 Å². The molecule has 0 radical (unpaired) electrons. The van der Waals surface area contributed by atoms with Gasteiger partial charge in [0, 0.05) is 5.56 Å². The lowest BCUT2D eigenvalue weighted by Gasteiger charge is -2.19. The molecule has 1 amide bonds. The molecule has 0 bridgehead atoms. The van der Waals surface area contributed by atoms with Crippen molar-refractivity contribution in [3.63, 3.8) is 0 Å². The predicted molar refractivity (Wildman–Crippen MR) is 92.7 cm³/mol. The van der Waals surface area contributed by atoms with Crippen molar-refractivity contribution in [3.8, 4) is 5.75 Å². The Hall–Kier alpha value is -2.53. The molecule has 2 aromatic carbocycles. The largest absolute Gasteiger partial charge is 0.489 e. The molecule has 0 saturated carbocycles. The molecule has 24 heavy (non-hydrogen) atoms. The van der Waals surface area contributed by atoms with Crippen molar-refractivity contribution in [3.05, 3.63) is 58.7 Å². The second-order valence-electron chi connectivity index (χ2n) is 5.60. The molecule has 0 saturated heterocycles. The average Bonchev–Trinajstić information content (AvgIpc) is 2.59. The fourth-order valence-corrected chi connectivity index (χ4v) is 2.50. The smallest absolute Gasteiger partial charge is 0.438 e. The summed E-state index contributed by atoms with van der Waals surface area (Å²) in [6.45, 7) is 6.25. The number of ether oxygens (including phenoxy) is 2. The van der Waals surface area contributed by atoms with E-state index in [-0.39, 0.29) is 6.61 Å². The minimum absolute atomic E-state index is 0.238. The van der Waals surface area contributed by atoms with Crippen LogP contribution >= 0.6 is 0 Å². The number of amides is 1.